The SMILES string of the molecule is CN=C(NCCCCSC)NCCc1nc(-c2ccc(Cl)cc2)no1. The maximum atomic E-state index is 5.89. The highest BCUT2D eigenvalue weighted by atomic mass is 35.5. The molecule has 0 aliphatic rings. The van der Waals surface area contributed by atoms with E-state index in [2.05, 4.69) is 32.0 Å². The number of aliphatic imine (C=N–C) groups is 1. The maximum absolute atomic E-state index is 5.89. The van der Waals surface area contributed by atoms with Gasteiger partial charge in [0.05, 0.1) is 0 Å². The summed E-state index contributed by atoms with van der Waals surface area (Å²) >= 11 is 7.76. The minimum absolute atomic E-state index is 0.572. The molecule has 0 radical (unpaired) electrons. The molecule has 1 heterocycles. The molecule has 2 aromatic rings. The molecule has 1 aromatic heterocycles. The van der Waals surface area contributed by atoms with Crippen LogP contribution < -0.4 is 10.6 Å². The molecule has 0 atom stereocenters. The van der Waals surface area contributed by atoms with Crippen molar-refractivity contribution in [3.05, 3.63) is 35.2 Å². The van der Waals surface area contributed by atoms with Gasteiger partial charge >= 0.3 is 0 Å². The number of benzene rings is 1. The summed E-state index contributed by atoms with van der Waals surface area (Å²) < 4.78 is 5.29. The third-order valence-corrected chi connectivity index (χ3v) is 4.44. The van der Waals surface area contributed by atoms with Gasteiger partial charge in [-0.25, -0.2) is 0 Å². The third-order valence-electron chi connectivity index (χ3n) is 3.49. The number of nitrogens with one attached hydrogen (secondary N) is 2. The quantitative estimate of drug-likeness (QED) is 0.394. The van der Waals surface area contributed by atoms with Crippen LogP contribution >= 0.6 is 23.4 Å². The normalized spacial score (nSPS) is 11.6. The Morgan fingerprint density at radius 2 is 1.96 bits per heavy atom. The number of hydrogen-bond donors (Lipinski definition) is 2. The van der Waals surface area contributed by atoms with E-state index < -0.39 is 0 Å². The fourth-order valence-electron chi connectivity index (χ4n) is 2.16. The molecule has 6 nitrogen and oxygen atoms in total. The zero-order valence-corrected chi connectivity index (χ0v) is 16.2. The molecule has 0 fully saturated rings. The summed E-state index contributed by atoms with van der Waals surface area (Å²) in [5.41, 5.74) is 0.884. The van der Waals surface area contributed by atoms with E-state index in [9.17, 15) is 0 Å². The van der Waals surface area contributed by atoms with Crippen LogP contribution in [0.3, 0.4) is 0 Å². The molecule has 136 valence electrons. The maximum Gasteiger partial charge on any atom is 0.228 e. The van der Waals surface area contributed by atoms with Gasteiger partial charge in [-0.15, -0.1) is 0 Å². The zero-order chi connectivity index (χ0) is 17.9. The first-order chi connectivity index (χ1) is 12.2. The summed E-state index contributed by atoms with van der Waals surface area (Å²) in [7, 11) is 1.77. The molecule has 1 aromatic carbocycles. The van der Waals surface area contributed by atoms with Crippen molar-refractivity contribution in [3.8, 4) is 11.4 Å². The Hall–Kier alpha value is -1.73. The Kier molecular flexibility index (Phi) is 8.62. The number of guanidine groups is 1. The number of unbranched alkanes of at least 4 members (excludes halogenated alkanes) is 1. The zero-order valence-electron chi connectivity index (χ0n) is 14.6. The predicted molar refractivity (Wildman–Crippen MR) is 105 cm³/mol. The fourth-order valence-corrected chi connectivity index (χ4v) is 2.78. The number of rotatable bonds is 9. The summed E-state index contributed by atoms with van der Waals surface area (Å²) in [6, 6.07) is 7.36. The lowest BCUT2D eigenvalue weighted by atomic mass is 10.2. The minimum Gasteiger partial charge on any atom is -0.356 e. The van der Waals surface area contributed by atoms with Crippen molar-refractivity contribution in [2.24, 2.45) is 4.99 Å². The van der Waals surface area contributed by atoms with Crippen molar-refractivity contribution >= 4 is 29.3 Å². The van der Waals surface area contributed by atoms with E-state index in [-0.39, 0.29) is 0 Å². The Labute approximate surface area is 157 Å². The number of hydrogen-bond acceptors (Lipinski definition) is 5. The molecule has 0 aliphatic carbocycles. The second kappa shape index (κ2) is 11.0. The van der Waals surface area contributed by atoms with E-state index in [1.165, 1.54) is 12.2 Å². The van der Waals surface area contributed by atoms with E-state index in [0.29, 0.717) is 29.7 Å². The second-order valence-corrected chi connectivity index (χ2v) is 6.82. The van der Waals surface area contributed by atoms with Gasteiger partial charge in [0.1, 0.15) is 0 Å². The second-order valence-electron chi connectivity index (χ2n) is 5.39. The van der Waals surface area contributed by atoms with Crippen molar-refractivity contribution in [1.82, 2.24) is 20.8 Å². The third kappa shape index (κ3) is 6.96. The van der Waals surface area contributed by atoms with Gasteiger partial charge < -0.3 is 15.2 Å². The molecule has 0 bridgehead atoms. The molecule has 25 heavy (non-hydrogen) atoms. The average molecular weight is 382 g/mol. The van der Waals surface area contributed by atoms with Crippen LogP contribution in [0.1, 0.15) is 18.7 Å². The van der Waals surface area contributed by atoms with Crippen LogP contribution in [-0.2, 0) is 6.42 Å². The van der Waals surface area contributed by atoms with Gasteiger partial charge in [-0.05, 0) is 49.1 Å². The van der Waals surface area contributed by atoms with Crippen molar-refractivity contribution in [3.63, 3.8) is 0 Å². The first-order valence-electron chi connectivity index (χ1n) is 8.25. The van der Waals surface area contributed by atoms with Crippen LogP contribution in [-0.4, -0.2) is 48.2 Å². The van der Waals surface area contributed by atoms with Crippen molar-refractivity contribution < 1.29 is 4.52 Å². The molecule has 8 heteroatoms. The first kappa shape index (κ1) is 19.6. The average Bonchev–Trinajstić information content (AvgIpc) is 3.09. The van der Waals surface area contributed by atoms with E-state index >= 15 is 0 Å². The van der Waals surface area contributed by atoms with Crippen molar-refractivity contribution in [2.75, 3.05) is 32.1 Å². The number of halogens is 1. The lowest BCUT2D eigenvalue weighted by Gasteiger charge is -2.10. The lowest BCUT2D eigenvalue weighted by molar-refractivity contribution is 0.378. The van der Waals surface area contributed by atoms with Gasteiger partial charge in [0.2, 0.25) is 11.7 Å². The van der Waals surface area contributed by atoms with Crippen LogP contribution in [0.15, 0.2) is 33.8 Å². The molecule has 0 saturated carbocycles. The van der Waals surface area contributed by atoms with Crippen molar-refractivity contribution in [1.29, 1.82) is 0 Å². The number of nitrogens with zero attached hydrogens (tertiary/aromatic N) is 3. The van der Waals surface area contributed by atoms with E-state index in [0.717, 1.165) is 24.5 Å². The molecule has 0 saturated heterocycles. The number of thioether (sulfide) groups is 1. The van der Waals surface area contributed by atoms with Crippen LogP contribution in [0.4, 0.5) is 0 Å². The molecule has 2 N–H and O–H groups in total. The highest BCUT2D eigenvalue weighted by Gasteiger charge is 2.08. The molecular formula is C17H24ClN5OS. The Bertz CT molecular complexity index is 659. The molecular weight excluding hydrogens is 358 g/mol. The summed E-state index contributed by atoms with van der Waals surface area (Å²) in [4.78, 5) is 8.61. The standard InChI is InChI=1S/C17H24ClN5OS/c1-19-17(20-10-3-4-12-25-2)21-11-9-15-22-16(23-24-15)13-5-7-14(18)8-6-13/h5-8H,3-4,9-12H2,1-2H3,(H2,19,20,21). The van der Waals surface area contributed by atoms with Gasteiger partial charge in [0.25, 0.3) is 0 Å². The highest BCUT2D eigenvalue weighted by molar-refractivity contribution is 7.98. The van der Waals surface area contributed by atoms with Crippen LogP contribution in [0.2, 0.25) is 5.02 Å². The summed E-state index contributed by atoms with van der Waals surface area (Å²) in [6.07, 6.45) is 5.10. The monoisotopic (exact) mass is 381 g/mol. The molecule has 0 aliphatic heterocycles. The van der Waals surface area contributed by atoms with Crippen LogP contribution in [0.5, 0.6) is 0 Å². The molecule has 0 unspecified atom stereocenters. The summed E-state index contributed by atoms with van der Waals surface area (Å²) in [5.74, 6) is 3.15. The fraction of sp³-hybridized carbons (Fsp3) is 0.471. The van der Waals surface area contributed by atoms with Gasteiger partial charge in [-0.1, -0.05) is 16.8 Å². The number of aromatic nitrogens is 2. The van der Waals surface area contributed by atoms with E-state index in [1.54, 1.807) is 7.05 Å². The van der Waals surface area contributed by atoms with Crippen LogP contribution in [0, 0.1) is 0 Å². The summed E-state index contributed by atoms with van der Waals surface area (Å²) in [6.45, 7) is 1.59. The first-order valence-corrected chi connectivity index (χ1v) is 10.0. The Morgan fingerprint density at radius 3 is 2.68 bits per heavy atom. The topological polar surface area (TPSA) is 75.3 Å². The van der Waals surface area contributed by atoms with Gasteiger partial charge in [0.15, 0.2) is 5.96 Å². The largest absolute Gasteiger partial charge is 0.356 e. The Balaban J connectivity index is 1.73. The smallest absolute Gasteiger partial charge is 0.228 e. The Morgan fingerprint density at radius 1 is 1.20 bits per heavy atom. The molecule has 0 spiro atoms. The molecule has 0 amide bonds. The van der Waals surface area contributed by atoms with Crippen LogP contribution in [0.25, 0.3) is 11.4 Å². The van der Waals surface area contributed by atoms with E-state index in [4.69, 9.17) is 16.1 Å². The van der Waals surface area contributed by atoms with Crippen molar-refractivity contribution in [2.45, 2.75) is 19.3 Å². The van der Waals surface area contributed by atoms with Gasteiger partial charge in [-0.2, -0.15) is 16.7 Å². The minimum atomic E-state index is 0.572. The highest BCUT2D eigenvalue weighted by Crippen LogP contribution is 2.18. The molecule has 2 rings (SSSR count). The van der Waals surface area contributed by atoms with Gasteiger partial charge in [0, 0.05) is 37.1 Å². The van der Waals surface area contributed by atoms with Gasteiger partial charge in [-0.3, -0.25) is 4.99 Å². The van der Waals surface area contributed by atoms with E-state index in [1.807, 2.05) is 36.0 Å². The summed E-state index contributed by atoms with van der Waals surface area (Å²) in [5, 5.41) is 11.2. The predicted octanol–water partition coefficient (Wildman–Crippen LogP) is 3.24. The lowest BCUT2D eigenvalue weighted by Crippen LogP contribution is -2.38.